The lowest BCUT2D eigenvalue weighted by molar-refractivity contribution is 0.415. The maximum atomic E-state index is 14.0. The van der Waals surface area contributed by atoms with Crippen LogP contribution in [0.3, 0.4) is 0 Å². The Kier molecular flexibility index (Phi) is 4.96. The van der Waals surface area contributed by atoms with Crippen LogP contribution in [0.5, 0.6) is 5.75 Å². The molecule has 2 aromatic heterocycles. The van der Waals surface area contributed by atoms with E-state index in [4.69, 9.17) is 4.74 Å². The van der Waals surface area contributed by atoms with Crippen molar-refractivity contribution in [3.63, 3.8) is 0 Å². The molecule has 142 valence electrons. The van der Waals surface area contributed by atoms with Crippen LogP contribution in [0.15, 0.2) is 53.3 Å². The van der Waals surface area contributed by atoms with Crippen LogP contribution in [0, 0.1) is 5.82 Å². The van der Waals surface area contributed by atoms with E-state index < -0.39 is 0 Å². The summed E-state index contributed by atoms with van der Waals surface area (Å²) in [4.78, 5) is 22.2. The molecule has 0 saturated heterocycles. The van der Waals surface area contributed by atoms with Crippen molar-refractivity contribution in [3.05, 3.63) is 81.0 Å². The first-order chi connectivity index (χ1) is 13.6. The van der Waals surface area contributed by atoms with E-state index in [2.05, 4.69) is 16.9 Å². The van der Waals surface area contributed by atoms with E-state index in [0.717, 1.165) is 28.2 Å². The number of rotatable bonds is 5. The third-order valence-electron chi connectivity index (χ3n) is 4.68. The van der Waals surface area contributed by atoms with Crippen LogP contribution in [0.4, 0.5) is 4.39 Å². The second kappa shape index (κ2) is 7.56. The Morgan fingerprint density at radius 3 is 2.75 bits per heavy atom. The zero-order valence-corrected chi connectivity index (χ0v) is 16.4. The molecule has 0 aliphatic carbocycles. The molecular formula is C22H19FN2O2S. The number of nitrogens with zero attached hydrogens (tertiary/aromatic N) is 1. The van der Waals surface area contributed by atoms with Crippen LogP contribution in [-0.2, 0) is 12.8 Å². The summed E-state index contributed by atoms with van der Waals surface area (Å²) in [7, 11) is 1.62. The summed E-state index contributed by atoms with van der Waals surface area (Å²) in [5.74, 6) is 0.894. The average molecular weight is 394 g/mol. The Morgan fingerprint density at radius 2 is 2.00 bits per heavy atom. The molecule has 0 fully saturated rings. The van der Waals surface area contributed by atoms with Gasteiger partial charge in [-0.05, 0) is 35.7 Å². The largest absolute Gasteiger partial charge is 0.497 e. The first kappa shape index (κ1) is 18.4. The van der Waals surface area contributed by atoms with Gasteiger partial charge < -0.3 is 9.72 Å². The van der Waals surface area contributed by atoms with Crippen LogP contribution >= 0.6 is 11.3 Å². The number of H-pyrrole nitrogens is 1. The second-order valence-electron chi connectivity index (χ2n) is 6.45. The maximum Gasteiger partial charge on any atom is 0.260 e. The first-order valence-electron chi connectivity index (χ1n) is 9.03. The van der Waals surface area contributed by atoms with E-state index in [0.29, 0.717) is 21.6 Å². The molecular weight excluding hydrogens is 375 g/mol. The molecule has 2 aromatic carbocycles. The van der Waals surface area contributed by atoms with Gasteiger partial charge in [0.2, 0.25) is 0 Å². The minimum absolute atomic E-state index is 0.204. The number of hydrogen-bond acceptors (Lipinski definition) is 4. The van der Waals surface area contributed by atoms with E-state index >= 15 is 0 Å². The van der Waals surface area contributed by atoms with E-state index in [1.54, 1.807) is 25.3 Å². The van der Waals surface area contributed by atoms with Gasteiger partial charge in [0, 0.05) is 16.9 Å². The summed E-state index contributed by atoms with van der Waals surface area (Å²) in [6, 6.07) is 14.2. The molecule has 0 radical (unpaired) electrons. The fourth-order valence-corrected chi connectivity index (χ4v) is 4.49. The highest BCUT2D eigenvalue weighted by Gasteiger charge is 2.19. The summed E-state index contributed by atoms with van der Waals surface area (Å²) in [6.07, 6.45) is 1.03. The fourth-order valence-electron chi connectivity index (χ4n) is 3.34. The lowest BCUT2D eigenvalue weighted by atomic mass is 10.0. The number of benzene rings is 2. The van der Waals surface area contributed by atoms with Gasteiger partial charge in [-0.15, -0.1) is 11.3 Å². The van der Waals surface area contributed by atoms with Gasteiger partial charge in [-0.25, -0.2) is 9.37 Å². The lowest BCUT2D eigenvalue weighted by Gasteiger charge is -2.06. The Bertz CT molecular complexity index is 1210. The van der Waals surface area contributed by atoms with Gasteiger partial charge in [0.1, 0.15) is 22.2 Å². The van der Waals surface area contributed by atoms with Crippen molar-refractivity contribution >= 4 is 21.6 Å². The van der Waals surface area contributed by atoms with E-state index in [-0.39, 0.29) is 17.8 Å². The normalized spacial score (nSPS) is 11.1. The van der Waals surface area contributed by atoms with Crippen molar-refractivity contribution in [1.29, 1.82) is 0 Å². The summed E-state index contributed by atoms with van der Waals surface area (Å²) in [5, 5.41) is 0.576. The van der Waals surface area contributed by atoms with Crippen molar-refractivity contribution in [1.82, 2.24) is 9.97 Å². The minimum Gasteiger partial charge on any atom is -0.497 e. The zero-order valence-electron chi connectivity index (χ0n) is 15.6. The molecule has 0 amide bonds. The monoisotopic (exact) mass is 394 g/mol. The predicted molar refractivity (Wildman–Crippen MR) is 111 cm³/mol. The van der Waals surface area contributed by atoms with Crippen molar-refractivity contribution in [2.45, 2.75) is 19.8 Å². The Balaban J connectivity index is 1.86. The highest BCUT2D eigenvalue weighted by molar-refractivity contribution is 7.19. The van der Waals surface area contributed by atoms with Crippen LogP contribution in [0.1, 0.15) is 23.2 Å². The molecule has 0 unspecified atom stereocenters. The van der Waals surface area contributed by atoms with Gasteiger partial charge in [-0.1, -0.05) is 37.3 Å². The summed E-state index contributed by atoms with van der Waals surface area (Å²) >= 11 is 1.51. The molecule has 28 heavy (non-hydrogen) atoms. The molecule has 6 heteroatoms. The number of nitrogens with one attached hydrogen (secondary N) is 1. The van der Waals surface area contributed by atoms with Crippen molar-refractivity contribution in [2.75, 3.05) is 7.11 Å². The molecule has 0 atom stereocenters. The molecule has 1 N–H and O–H groups in total. The molecule has 0 aliphatic rings. The molecule has 4 nitrogen and oxygen atoms in total. The third kappa shape index (κ3) is 3.31. The van der Waals surface area contributed by atoms with Gasteiger partial charge >= 0.3 is 0 Å². The fraction of sp³-hybridized carbons (Fsp3) is 0.182. The number of aromatic amines is 1. The summed E-state index contributed by atoms with van der Waals surface area (Å²) in [5.41, 5.74) is 2.12. The van der Waals surface area contributed by atoms with E-state index in [1.165, 1.54) is 17.4 Å². The topological polar surface area (TPSA) is 55.0 Å². The molecule has 0 spiro atoms. The number of fused-ring (bicyclic) bond motifs is 1. The quantitative estimate of drug-likeness (QED) is 0.521. The van der Waals surface area contributed by atoms with Crippen molar-refractivity contribution < 1.29 is 9.13 Å². The van der Waals surface area contributed by atoms with E-state index in [9.17, 15) is 9.18 Å². The number of ether oxygens (including phenoxy) is 1. The molecule has 4 rings (SSSR count). The second-order valence-corrected chi connectivity index (χ2v) is 7.53. The smallest absolute Gasteiger partial charge is 0.260 e. The highest BCUT2D eigenvalue weighted by Crippen LogP contribution is 2.37. The van der Waals surface area contributed by atoms with Gasteiger partial charge in [0.15, 0.2) is 0 Å². The number of halogens is 1. The standard InChI is InChI=1S/C22H19FN2O2S/c1-3-17-19(14-8-6-9-15(11-14)27-2)20-21(26)24-18(25-22(20)28-17)12-13-7-4-5-10-16(13)23/h4-11H,3,12H2,1-2H3,(H,24,25,26). The van der Waals surface area contributed by atoms with Gasteiger partial charge in [-0.3, -0.25) is 4.79 Å². The van der Waals surface area contributed by atoms with Gasteiger partial charge in [0.05, 0.1) is 12.5 Å². The van der Waals surface area contributed by atoms with Crippen LogP contribution in [-0.4, -0.2) is 17.1 Å². The van der Waals surface area contributed by atoms with E-state index in [1.807, 2.05) is 24.3 Å². The first-order valence-corrected chi connectivity index (χ1v) is 9.84. The predicted octanol–water partition coefficient (Wildman–Crippen LogP) is 4.95. The number of methoxy groups -OCH3 is 1. The Hall–Kier alpha value is -2.99. The van der Waals surface area contributed by atoms with Gasteiger partial charge in [-0.2, -0.15) is 0 Å². The number of aromatic nitrogens is 2. The summed E-state index contributed by atoms with van der Waals surface area (Å²) < 4.78 is 19.3. The molecule has 0 bridgehead atoms. The third-order valence-corrected chi connectivity index (χ3v) is 5.91. The van der Waals surface area contributed by atoms with Crippen LogP contribution in [0.2, 0.25) is 0 Å². The molecule has 4 aromatic rings. The van der Waals surface area contributed by atoms with Crippen LogP contribution in [0.25, 0.3) is 21.3 Å². The molecule has 0 aliphatic heterocycles. The Morgan fingerprint density at radius 1 is 1.18 bits per heavy atom. The number of thiophene rings is 1. The van der Waals surface area contributed by atoms with Crippen molar-refractivity contribution in [3.8, 4) is 16.9 Å². The maximum absolute atomic E-state index is 14.0. The highest BCUT2D eigenvalue weighted by atomic mass is 32.1. The SMILES string of the molecule is CCc1sc2nc(Cc3ccccc3F)[nH]c(=O)c2c1-c1cccc(OC)c1. The van der Waals surface area contributed by atoms with Gasteiger partial charge in [0.25, 0.3) is 5.56 Å². The lowest BCUT2D eigenvalue weighted by Crippen LogP contribution is -2.12. The zero-order chi connectivity index (χ0) is 19.7. The van der Waals surface area contributed by atoms with Crippen LogP contribution < -0.4 is 10.3 Å². The summed E-state index contributed by atoms with van der Waals surface area (Å²) in [6.45, 7) is 2.06. The Labute approximate surface area is 165 Å². The molecule has 0 saturated carbocycles. The molecule has 2 heterocycles. The number of aryl methyl sites for hydroxylation is 1. The average Bonchev–Trinajstić information content (AvgIpc) is 3.09. The number of hydrogen-bond donors (Lipinski definition) is 1. The minimum atomic E-state index is -0.303. The van der Waals surface area contributed by atoms with Crippen molar-refractivity contribution in [2.24, 2.45) is 0 Å².